The van der Waals surface area contributed by atoms with E-state index in [1.807, 2.05) is 12.1 Å². The molecule has 0 radical (unpaired) electrons. The number of ether oxygens (including phenoxy) is 2. The molecule has 0 saturated heterocycles. The van der Waals surface area contributed by atoms with Crippen molar-refractivity contribution < 1.29 is 19.1 Å². The minimum absolute atomic E-state index is 0.00738. The maximum atomic E-state index is 12.3. The zero-order chi connectivity index (χ0) is 23.4. The molecule has 0 aliphatic heterocycles. The van der Waals surface area contributed by atoms with Gasteiger partial charge in [-0.05, 0) is 33.6 Å². The molecule has 0 fully saturated rings. The summed E-state index contributed by atoms with van der Waals surface area (Å²) in [5.74, 6) is -1.29. The molecule has 2 aromatic carbocycles. The van der Waals surface area contributed by atoms with Crippen molar-refractivity contribution in [2.75, 3.05) is 19.5 Å². The van der Waals surface area contributed by atoms with Gasteiger partial charge >= 0.3 is 11.9 Å². The smallest absolute Gasteiger partial charge is 0.354 e. The summed E-state index contributed by atoms with van der Waals surface area (Å²) in [6, 6.07) is 14.5. The predicted molar refractivity (Wildman–Crippen MR) is 125 cm³/mol. The molecule has 0 amide bonds. The van der Waals surface area contributed by atoms with Gasteiger partial charge in [0.2, 0.25) is 0 Å². The van der Waals surface area contributed by atoms with Crippen molar-refractivity contribution in [3.05, 3.63) is 65.4 Å². The van der Waals surface area contributed by atoms with Gasteiger partial charge in [0.05, 0.1) is 20.3 Å². The highest BCUT2D eigenvalue weighted by Crippen LogP contribution is 2.35. The summed E-state index contributed by atoms with van der Waals surface area (Å²) in [5, 5.41) is 3.11. The fraction of sp³-hybridized carbons (Fsp3) is 0.385. The quantitative estimate of drug-likeness (QED) is 0.502. The third-order valence-corrected chi connectivity index (χ3v) is 5.09. The van der Waals surface area contributed by atoms with Crippen LogP contribution in [0.25, 0.3) is 11.1 Å². The first-order chi connectivity index (χ1) is 14.4. The first-order valence-electron chi connectivity index (χ1n) is 10.3. The Labute approximate surface area is 185 Å². The molecule has 0 bridgehead atoms. The Morgan fingerprint density at radius 1 is 0.806 bits per heavy atom. The number of rotatable bonds is 5. The van der Waals surface area contributed by atoms with Gasteiger partial charge in [-0.25, -0.2) is 9.59 Å². The number of methoxy groups -OCH3 is 2. The molecular weight excluding hydrogens is 390 g/mol. The Kier molecular flexibility index (Phi) is 7.32. The van der Waals surface area contributed by atoms with Gasteiger partial charge < -0.3 is 14.8 Å². The normalized spacial score (nSPS) is 12.3. The zero-order valence-electron chi connectivity index (χ0n) is 19.8. The van der Waals surface area contributed by atoms with Crippen LogP contribution in [-0.2, 0) is 29.9 Å². The molecule has 5 heteroatoms. The number of hydrogen-bond donors (Lipinski definition) is 1. The Morgan fingerprint density at radius 2 is 1.35 bits per heavy atom. The molecule has 166 valence electrons. The molecule has 0 unspecified atom stereocenters. The average molecular weight is 424 g/mol. The van der Waals surface area contributed by atoms with Crippen LogP contribution in [0.5, 0.6) is 0 Å². The van der Waals surface area contributed by atoms with E-state index < -0.39 is 11.9 Å². The first-order valence-corrected chi connectivity index (χ1v) is 10.3. The summed E-state index contributed by atoms with van der Waals surface area (Å²) in [5.41, 5.74) is 4.90. The second-order valence-electron chi connectivity index (χ2n) is 9.54. The van der Waals surface area contributed by atoms with E-state index in [4.69, 9.17) is 4.74 Å². The second-order valence-corrected chi connectivity index (χ2v) is 9.54. The second kappa shape index (κ2) is 9.38. The third-order valence-electron chi connectivity index (χ3n) is 5.09. The number of esters is 2. The first kappa shape index (κ1) is 24.2. The minimum Gasteiger partial charge on any atom is -0.466 e. The van der Waals surface area contributed by atoms with Crippen LogP contribution in [0, 0.1) is 0 Å². The van der Waals surface area contributed by atoms with E-state index in [2.05, 4.69) is 81.9 Å². The van der Waals surface area contributed by atoms with E-state index in [1.54, 1.807) is 0 Å². The minimum atomic E-state index is -0.652. The van der Waals surface area contributed by atoms with Crippen LogP contribution in [0.15, 0.2) is 54.2 Å². The fourth-order valence-corrected chi connectivity index (χ4v) is 3.09. The summed E-state index contributed by atoms with van der Waals surface area (Å²) in [6.07, 6.45) is 1.10. The number of benzene rings is 2. The highest BCUT2D eigenvalue weighted by molar-refractivity contribution is 5.99. The van der Waals surface area contributed by atoms with Gasteiger partial charge in [-0.3, -0.25) is 0 Å². The number of anilines is 1. The zero-order valence-corrected chi connectivity index (χ0v) is 19.8. The summed E-state index contributed by atoms with van der Waals surface area (Å²) >= 11 is 0. The molecule has 5 nitrogen and oxygen atoms in total. The Balaban J connectivity index is 2.61. The van der Waals surface area contributed by atoms with Crippen molar-refractivity contribution in [2.45, 2.75) is 52.4 Å². The Hall–Kier alpha value is -3.08. The van der Waals surface area contributed by atoms with Gasteiger partial charge in [0.15, 0.2) is 0 Å². The highest BCUT2D eigenvalue weighted by Gasteiger charge is 2.20. The lowest BCUT2D eigenvalue weighted by Gasteiger charge is -2.23. The van der Waals surface area contributed by atoms with E-state index in [0.29, 0.717) is 5.69 Å². The third kappa shape index (κ3) is 6.20. The number of carbonyl (C=O) groups excluding carboxylic acids is 2. The summed E-state index contributed by atoms with van der Waals surface area (Å²) in [7, 11) is 2.53. The van der Waals surface area contributed by atoms with Crippen molar-refractivity contribution in [3.8, 4) is 11.1 Å². The molecular formula is C26H33NO4. The number of nitrogens with one attached hydrogen (secondary N) is 1. The summed E-state index contributed by atoms with van der Waals surface area (Å²) < 4.78 is 9.54. The van der Waals surface area contributed by atoms with Crippen LogP contribution in [0.4, 0.5) is 5.69 Å². The SMILES string of the molecule is COC(=O)/C=C(/Nc1cc(C(C)(C)C)ccc1-c1ccc(C(C)(C)C)cc1)C(=O)OC. The van der Waals surface area contributed by atoms with E-state index in [9.17, 15) is 9.59 Å². The average Bonchev–Trinajstić information content (AvgIpc) is 2.71. The topological polar surface area (TPSA) is 64.6 Å². The molecule has 31 heavy (non-hydrogen) atoms. The van der Waals surface area contributed by atoms with Gasteiger partial charge in [0, 0.05) is 11.3 Å². The van der Waals surface area contributed by atoms with Crippen LogP contribution in [-0.4, -0.2) is 26.2 Å². The van der Waals surface area contributed by atoms with Gasteiger partial charge in [0.25, 0.3) is 0 Å². The van der Waals surface area contributed by atoms with Crippen LogP contribution in [0.2, 0.25) is 0 Å². The molecule has 2 aromatic rings. The summed E-state index contributed by atoms with van der Waals surface area (Å²) in [4.78, 5) is 24.1. The van der Waals surface area contributed by atoms with Crippen molar-refractivity contribution in [3.63, 3.8) is 0 Å². The van der Waals surface area contributed by atoms with Crippen molar-refractivity contribution in [2.24, 2.45) is 0 Å². The van der Waals surface area contributed by atoms with Crippen LogP contribution < -0.4 is 5.32 Å². The van der Waals surface area contributed by atoms with E-state index in [0.717, 1.165) is 22.8 Å². The number of hydrogen-bond acceptors (Lipinski definition) is 5. The Bertz CT molecular complexity index is 974. The molecule has 2 rings (SSSR count). The fourth-order valence-electron chi connectivity index (χ4n) is 3.09. The molecule has 0 heterocycles. The standard InChI is InChI=1S/C26H33NO4/c1-25(2,3)18-11-9-17(10-12-18)20-14-13-19(26(4,5)6)15-21(20)27-22(24(29)31-8)16-23(28)30-7/h9-16,27H,1-8H3/b22-16+. The number of carbonyl (C=O) groups is 2. The van der Waals surface area contributed by atoms with E-state index >= 15 is 0 Å². The maximum Gasteiger partial charge on any atom is 0.354 e. The van der Waals surface area contributed by atoms with Crippen LogP contribution >= 0.6 is 0 Å². The monoisotopic (exact) mass is 423 g/mol. The predicted octanol–water partition coefficient (Wildman–Crippen LogP) is 5.59. The molecule has 0 saturated carbocycles. The van der Waals surface area contributed by atoms with Gasteiger partial charge in [-0.15, -0.1) is 0 Å². The molecule has 0 spiro atoms. The summed E-state index contributed by atoms with van der Waals surface area (Å²) in [6.45, 7) is 12.9. The molecule has 0 aliphatic rings. The van der Waals surface area contributed by atoms with Gasteiger partial charge in [-0.2, -0.15) is 0 Å². The van der Waals surface area contributed by atoms with E-state index in [-0.39, 0.29) is 16.5 Å². The van der Waals surface area contributed by atoms with Crippen molar-refractivity contribution >= 4 is 17.6 Å². The van der Waals surface area contributed by atoms with Gasteiger partial charge in [0.1, 0.15) is 5.70 Å². The molecule has 0 aliphatic carbocycles. The van der Waals surface area contributed by atoms with Crippen LogP contribution in [0.1, 0.15) is 52.7 Å². The van der Waals surface area contributed by atoms with Gasteiger partial charge in [-0.1, -0.05) is 77.9 Å². The molecule has 0 aromatic heterocycles. The van der Waals surface area contributed by atoms with Crippen molar-refractivity contribution in [1.29, 1.82) is 0 Å². The molecule has 0 atom stereocenters. The van der Waals surface area contributed by atoms with Crippen LogP contribution in [0.3, 0.4) is 0 Å². The highest BCUT2D eigenvalue weighted by atomic mass is 16.5. The molecule has 1 N–H and O–H groups in total. The maximum absolute atomic E-state index is 12.3. The largest absolute Gasteiger partial charge is 0.466 e. The Morgan fingerprint density at radius 3 is 1.84 bits per heavy atom. The lowest BCUT2D eigenvalue weighted by Crippen LogP contribution is -2.17. The lowest BCUT2D eigenvalue weighted by molar-refractivity contribution is -0.138. The van der Waals surface area contributed by atoms with Crippen molar-refractivity contribution in [1.82, 2.24) is 0 Å². The van der Waals surface area contributed by atoms with E-state index in [1.165, 1.54) is 19.8 Å². The lowest BCUT2D eigenvalue weighted by atomic mass is 9.84.